The molecule has 0 aliphatic carbocycles. The van der Waals surface area contributed by atoms with Crippen molar-refractivity contribution in [3.05, 3.63) is 42.2 Å². The van der Waals surface area contributed by atoms with Crippen LogP contribution in [0.25, 0.3) is 0 Å². The number of anilines is 1. The van der Waals surface area contributed by atoms with Crippen LogP contribution in [0.2, 0.25) is 0 Å². The van der Waals surface area contributed by atoms with Gasteiger partial charge >= 0.3 is 0 Å². The van der Waals surface area contributed by atoms with Gasteiger partial charge < -0.3 is 5.32 Å². The molecular weight excluding hydrogens is 203 g/mol. The van der Waals surface area contributed by atoms with Gasteiger partial charge in [0.1, 0.15) is 0 Å². The van der Waals surface area contributed by atoms with Gasteiger partial charge in [-0.1, -0.05) is 6.08 Å². The first kappa shape index (κ1) is 11.6. The Kier molecular flexibility index (Phi) is 4.21. The predicted molar refractivity (Wildman–Crippen MR) is 54.2 cm³/mol. The molecule has 15 heavy (non-hydrogen) atoms. The van der Waals surface area contributed by atoms with Gasteiger partial charge in [0.25, 0.3) is 0 Å². The highest BCUT2D eigenvalue weighted by atomic mass is 19.2. The summed E-state index contributed by atoms with van der Waals surface area (Å²) in [4.78, 5) is 0. The molecular formula is C11H12F3N. The monoisotopic (exact) mass is 215 g/mol. The Morgan fingerprint density at radius 1 is 1.20 bits per heavy atom. The van der Waals surface area contributed by atoms with E-state index in [1.165, 1.54) is 0 Å². The molecule has 1 rings (SSSR count). The van der Waals surface area contributed by atoms with Crippen molar-refractivity contribution in [1.29, 1.82) is 0 Å². The van der Waals surface area contributed by atoms with Crippen molar-refractivity contribution in [3.8, 4) is 0 Å². The molecule has 0 aliphatic rings. The molecule has 0 heterocycles. The van der Waals surface area contributed by atoms with E-state index in [9.17, 15) is 13.2 Å². The Bertz CT molecular complexity index is 327. The highest BCUT2D eigenvalue weighted by Crippen LogP contribution is 2.17. The second-order valence-electron chi connectivity index (χ2n) is 3.11. The summed E-state index contributed by atoms with van der Waals surface area (Å²) >= 11 is 0. The number of rotatable bonds is 5. The average Bonchev–Trinajstić information content (AvgIpc) is 2.21. The number of hydrogen-bond acceptors (Lipinski definition) is 1. The standard InChI is InChI=1S/C11H12F3N/c1-2-3-4-5-15-8-6-9(12)11(14)10(13)7-8/h2,6-7,15H,1,3-5H2. The lowest BCUT2D eigenvalue weighted by Crippen LogP contribution is -2.03. The van der Waals surface area contributed by atoms with Gasteiger partial charge in [0.2, 0.25) is 0 Å². The molecule has 1 aromatic rings. The molecule has 4 heteroatoms. The highest BCUT2D eigenvalue weighted by Gasteiger charge is 2.09. The van der Waals surface area contributed by atoms with Crippen LogP contribution in [0.3, 0.4) is 0 Å². The first-order chi connectivity index (χ1) is 7.15. The van der Waals surface area contributed by atoms with Crippen molar-refractivity contribution in [2.45, 2.75) is 12.8 Å². The molecule has 0 unspecified atom stereocenters. The van der Waals surface area contributed by atoms with Gasteiger partial charge in [-0.05, 0) is 12.8 Å². The maximum Gasteiger partial charge on any atom is 0.194 e. The minimum Gasteiger partial charge on any atom is -0.385 e. The average molecular weight is 215 g/mol. The Labute approximate surface area is 86.6 Å². The molecule has 0 spiro atoms. The smallest absolute Gasteiger partial charge is 0.194 e. The van der Waals surface area contributed by atoms with E-state index in [4.69, 9.17) is 0 Å². The number of hydrogen-bond donors (Lipinski definition) is 1. The van der Waals surface area contributed by atoms with Crippen LogP contribution in [0.4, 0.5) is 18.9 Å². The quantitative estimate of drug-likeness (QED) is 0.450. The van der Waals surface area contributed by atoms with E-state index in [-0.39, 0.29) is 5.69 Å². The molecule has 0 saturated carbocycles. The van der Waals surface area contributed by atoms with E-state index in [1.54, 1.807) is 6.08 Å². The van der Waals surface area contributed by atoms with E-state index in [0.29, 0.717) is 6.54 Å². The van der Waals surface area contributed by atoms with Gasteiger partial charge in [0.05, 0.1) is 0 Å². The minimum absolute atomic E-state index is 0.246. The summed E-state index contributed by atoms with van der Waals surface area (Å²) in [5.74, 6) is -3.80. The van der Waals surface area contributed by atoms with Gasteiger partial charge in [0.15, 0.2) is 17.5 Å². The van der Waals surface area contributed by atoms with Crippen LogP contribution in [-0.2, 0) is 0 Å². The zero-order chi connectivity index (χ0) is 11.3. The summed E-state index contributed by atoms with van der Waals surface area (Å²) in [6.07, 6.45) is 3.39. The fourth-order valence-electron chi connectivity index (χ4n) is 1.14. The minimum atomic E-state index is -1.44. The molecule has 1 N–H and O–H groups in total. The molecule has 0 saturated heterocycles. The van der Waals surface area contributed by atoms with Crippen LogP contribution in [0, 0.1) is 17.5 Å². The van der Waals surface area contributed by atoms with Crippen molar-refractivity contribution < 1.29 is 13.2 Å². The molecule has 0 aliphatic heterocycles. The summed E-state index contributed by atoms with van der Waals surface area (Å²) in [5, 5.41) is 2.79. The molecule has 0 bridgehead atoms. The van der Waals surface area contributed by atoms with Crippen molar-refractivity contribution in [3.63, 3.8) is 0 Å². The highest BCUT2D eigenvalue weighted by molar-refractivity contribution is 5.43. The van der Waals surface area contributed by atoms with Crippen LogP contribution in [0.5, 0.6) is 0 Å². The van der Waals surface area contributed by atoms with Crippen LogP contribution in [0.1, 0.15) is 12.8 Å². The molecule has 0 amide bonds. The summed E-state index contributed by atoms with van der Waals surface area (Å²) in [7, 11) is 0. The van der Waals surface area contributed by atoms with Crippen molar-refractivity contribution in [2.75, 3.05) is 11.9 Å². The lowest BCUT2D eigenvalue weighted by Gasteiger charge is -2.06. The SMILES string of the molecule is C=CCCCNc1cc(F)c(F)c(F)c1. The number of unbranched alkanes of at least 4 members (excludes halogenated alkanes) is 1. The van der Waals surface area contributed by atoms with E-state index in [1.807, 2.05) is 0 Å². The van der Waals surface area contributed by atoms with Crippen molar-refractivity contribution in [1.82, 2.24) is 0 Å². The Morgan fingerprint density at radius 3 is 2.33 bits per heavy atom. The van der Waals surface area contributed by atoms with E-state index in [0.717, 1.165) is 25.0 Å². The van der Waals surface area contributed by atoms with Gasteiger partial charge in [-0.15, -0.1) is 6.58 Å². The lowest BCUT2D eigenvalue weighted by molar-refractivity contribution is 0.447. The fraction of sp³-hybridized carbons (Fsp3) is 0.273. The number of halogens is 3. The maximum absolute atomic E-state index is 12.7. The van der Waals surface area contributed by atoms with Crippen LogP contribution < -0.4 is 5.32 Å². The van der Waals surface area contributed by atoms with E-state index < -0.39 is 17.5 Å². The Morgan fingerprint density at radius 2 is 1.80 bits per heavy atom. The van der Waals surface area contributed by atoms with Gasteiger partial charge in [-0.25, -0.2) is 13.2 Å². The summed E-state index contributed by atoms with van der Waals surface area (Å²) in [6, 6.07) is 1.87. The molecule has 1 nitrogen and oxygen atoms in total. The largest absolute Gasteiger partial charge is 0.385 e. The third-order valence-corrected chi connectivity index (χ3v) is 1.90. The maximum atomic E-state index is 12.7. The van der Waals surface area contributed by atoms with Crippen molar-refractivity contribution >= 4 is 5.69 Å². The van der Waals surface area contributed by atoms with E-state index >= 15 is 0 Å². The zero-order valence-corrected chi connectivity index (χ0v) is 8.19. The number of benzene rings is 1. The Hall–Kier alpha value is -1.45. The third kappa shape index (κ3) is 3.31. The molecule has 0 radical (unpaired) electrons. The number of nitrogens with one attached hydrogen (secondary N) is 1. The normalized spacial score (nSPS) is 10.1. The first-order valence-electron chi connectivity index (χ1n) is 4.64. The fourth-order valence-corrected chi connectivity index (χ4v) is 1.14. The van der Waals surface area contributed by atoms with Gasteiger partial charge in [-0.2, -0.15) is 0 Å². The first-order valence-corrected chi connectivity index (χ1v) is 4.64. The van der Waals surface area contributed by atoms with Gasteiger partial charge in [-0.3, -0.25) is 0 Å². The van der Waals surface area contributed by atoms with Gasteiger partial charge in [0, 0.05) is 24.4 Å². The molecule has 0 aromatic heterocycles. The summed E-state index contributed by atoms with van der Waals surface area (Å²) in [6.45, 7) is 4.11. The Balaban J connectivity index is 2.58. The predicted octanol–water partition coefficient (Wildman–Crippen LogP) is 3.48. The molecule has 0 atom stereocenters. The molecule has 1 aromatic carbocycles. The van der Waals surface area contributed by atoms with Crippen LogP contribution >= 0.6 is 0 Å². The number of allylic oxidation sites excluding steroid dienone is 1. The molecule has 82 valence electrons. The lowest BCUT2D eigenvalue weighted by atomic mass is 10.2. The van der Waals surface area contributed by atoms with Crippen molar-refractivity contribution in [2.24, 2.45) is 0 Å². The third-order valence-electron chi connectivity index (χ3n) is 1.90. The summed E-state index contributed by atoms with van der Waals surface area (Å²) in [5.41, 5.74) is 0.246. The van der Waals surface area contributed by atoms with Crippen LogP contribution in [0.15, 0.2) is 24.8 Å². The topological polar surface area (TPSA) is 12.0 Å². The zero-order valence-electron chi connectivity index (χ0n) is 8.19. The summed E-state index contributed by atoms with van der Waals surface area (Å²) < 4.78 is 38.1. The van der Waals surface area contributed by atoms with Crippen LogP contribution in [-0.4, -0.2) is 6.54 Å². The van der Waals surface area contributed by atoms with E-state index in [2.05, 4.69) is 11.9 Å². The molecule has 0 fully saturated rings. The second kappa shape index (κ2) is 5.44. The second-order valence-corrected chi connectivity index (χ2v) is 3.11.